The summed E-state index contributed by atoms with van der Waals surface area (Å²) < 4.78 is 11.1. The third-order valence-electron chi connectivity index (χ3n) is 4.91. The van der Waals surface area contributed by atoms with E-state index in [0.29, 0.717) is 17.3 Å². The van der Waals surface area contributed by atoms with Crippen molar-refractivity contribution in [2.45, 2.75) is 25.0 Å². The second-order valence-corrected chi connectivity index (χ2v) is 6.14. The lowest BCUT2D eigenvalue weighted by molar-refractivity contribution is -0.150. The van der Waals surface area contributed by atoms with Crippen LogP contribution in [0.3, 0.4) is 0 Å². The number of esters is 1. The number of carbonyl (C=O) groups is 1. The second kappa shape index (κ2) is 5.44. The number of hydrogen-bond acceptors (Lipinski definition) is 6. The maximum atomic E-state index is 12.5. The number of methoxy groups -OCH3 is 1. The highest BCUT2D eigenvalue weighted by molar-refractivity contribution is 6.52. The maximum absolute atomic E-state index is 12.5. The van der Waals surface area contributed by atoms with Crippen molar-refractivity contribution in [1.82, 2.24) is 4.90 Å². The van der Waals surface area contributed by atoms with Gasteiger partial charge in [0.05, 0.1) is 0 Å². The molecule has 2 unspecified atom stereocenters. The molecule has 0 spiro atoms. The summed E-state index contributed by atoms with van der Waals surface area (Å²) in [5, 5.41) is 8.14. The zero-order valence-electron chi connectivity index (χ0n) is 12.6. The first-order valence-corrected chi connectivity index (χ1v) is 7.77. The molecule has 0 radical (unpaired) electrons. The Morgan fingerprint density at radius 3 is 2.82 bits per heavy atom. The van der Waals surface area contributed by atoms with Crippen LogP contribution in [0.5, 0.6) is 0 Å². The average molecular weight is 301 g/mol. The fraction of sp³-hybridized carbons (Fsp3) is 0.562. The van der Waals surface area contributed by atoms with E-state index in [1.165, 1.54) is 0 Å². The predicted octanol–water partition coefficient (Wildman–Crippen LogP) is 0.946. The molecule has 0 aromatic carbocycles. The zero-order chi connectivity index (χ0) is 15.1. The molecule has 0 saturated carbocycles. The topological polar surface area (TPSA) is 63.5 Å². The van der Waals surface area contributed by atoms with E-state index in [-0.39, 0.29) is 18.2 Å². The molecule has 1 aliphatic carbocycles. The molecule has 3 fully saturated rings. The molecule has 116 valence electrons. The van der Waals surface area contributed by atoms with Crippen molar-refractivity contribution in [3.63, 3.8) is 0 Å². The van der Waals surface area contributed by atoms with E-state index in [4.69, 9.17) is 9.47 Å². The van der Waals surface area contributed by atoms with Crippen molar-refractivity contribution in [2.24, 2.45) is 16.1 Å². The number of piperidine rings is 3. The Balaban J connectivity index is 1.46. The fourth-order valence-corrected chi connectivity index (χ4v) is 3.63. The molecule has 5 rings (SSSR count). The zero-order valence-corrected chi connectivity index (χ0v) is 12.6. The molecule has 6 heteroatoms. The van der Waals surface area contributed by atoms with Gasteiger partial charge in [-0.15, -0.1) is 5.10 Å². The predicted molar refractivity (Wildman–Crippen MR) is 81.9 cm³/mol. The summed E-state index contributed by atoms with van der Waals surface area (Å²) in [6, 6.07) is 0. The van der Waals surface area contributed by atoms with Gasteiger partial charge in [-0.2, -0.15) is 5.10 Å². The summed E-state index contributed by atoms with van der Waals surface area (Å²) in [6.45, 7) is 3.09. The Labute approximate surface area is 129 Å². The molecule has 22 heavy (non-hydrogen) atoms. The van der Waals surface area contributed by atoms with Crippen LogP contribution in [0.1, 0.15) is 12.8 Å². The first-order valence-electron chi connectivity index (χ1n) is 7.77. The van der Waals surface area contributed by atoms with Crippen LogP contribution in [-0.2, 0) is 14.3 Å². The molecule has 0 aromatic heterocycles. The first kappa shape index (κ1) is 13.8. The van der Waals surface area contributed by atoms with Gasteiger partial charge in [-0.3, -0.25) is 4.90 Å². The van der Waals surface area contributed by atoms with Gasteiger partial charge in [0.2, 0.25) is 0 Å². The van der Waals surface area contributed by atoms with Gasteiger partial charge in [0, 0.05) is 19.2 Å². The molecular weight excluding hydrogens is 282 g/mol. The van der Waals surface area contributed by atoms with Crippen LogP contribution in [0.25, 0.3) is 0 Å². The number of carbonyl (C=O) groups excluding carboxylic acids is 1. The van der Waals surface area contributed by atoms with Crippen molar-refractivity contribution in [1.29, 1.82) is 0 Å². The van der Waals surface area contributed by atoms with Crippen molar-refractivity contribution < 1.29 is 14.3 Å². The summed E-state index contributed by atoms with van der Waals surface area (Å²) in [7, 11) is 1.62. The quantitative estimate of drug-likeness (QED) is 0.728. The van der Waals surface area contributed by atoms with Crippen molar-refractivity contribution in [2.75, 3.05) is 26.7 Å². The Morgan fingerprint density at radius 2 is 2.14 bits per heavy atom. The molecule has 0 amide bonds. The van der Waals surface area contributed by atoms with Crippen LogP contribution in [0.15, 0.2) is 34.0 Å². The van der Waals surface area contributed by atoms with E-state index < -0.39 is 0 Å². The second-order valence-electron chi connectivity index (χ2n) is 6.14. The number of ether oxygens (including phenoxy) is 2. The van der Waals surface area contributed by atoms with Crippen molar-refractivity contribution in [3.8, 4) is 0 Å². The van der Waals surface area contributed by atoms with E-state index >= 15 is 0 Å². The average Bonchev–Trinajstić information content (AvgIpc) is 3.00. The third-order valence-corrected chi connectivity index (χ3v) is 4.91. The summed E-state index contributed by atoms with van der Waals surface area (Å²) >= 11 is 0. The van der Waals surface area contributed by atoms with Gasteiger partial charge < -0.3 is 9.47 Å². The molecular formula is C16H19N3O3. The number of allylic oxidation sites excluding steroid dienone is 2. The van der Waals surface area contributed by atoms with Gasteiger partial charge in [0.25, 0.3) is 0 Å². The molecule has 4 aliphatic heterocycles. The highest BCUT2D eigenvalue weighted by Gasteiger charge is 2.39. The van der Waals surface area contributed by atoms with Crippen LogP contribution >= 0.6 is 0 Å². The Hall–Kier alpha value is -1.79. The van der Waals surface area contributed by atoms with Crippen LogP contribution in [0.4, 0.5) is 0 Å². The molecule has 3 saturated heterocycles. The standard InChI is InChI=1S/C16H19N3O3/c1-21-12-4-2-3-11-14(12)17-18-15(11)16(20)22-13-9-19-7-5-10(13)6-8-19/h2-4,10,12-13H,5-9H2,1H3. The van der Waals surface area contributed by atoms with Crippen LogP contribution in [0, 0.1) is 5.92 Å². The summed E-state index contributed by atoms with van der Waals surface area (Å²) in [5.41, 5.74) is 1.71. The molecule has 5 aliphatic rings. The summed E-state index contributed by atoms with van der Waals surface area (Å²) in [4.78, 5) is 14.9. The number of rotatable bonds is 3. The minimum Gasteiger partial charge on any atom is -0.456 e. The third kappa shape index (κ3) is 2.23. The van der Waals surface area contributed by atoms with Gasteiger partial charge in [-0.25, -0.2) is 4.79 Å². The molecule has 0 N–H and O–H groups in total. The number of nitrogens with zero attached hydrogens (tertiary/aromatic N) is 3. The van der Waals surface area contributed by atoms with Crippen LogP contribution in [0.2, 0.25) is 0 Å². The van der Waals surface area contributed by atoms with Gasteiger partial charge in [0.1, 0.15) is 17.9 Å². The van der Waals surface area contributed by atoms with Crippen molar-refractivity contribution in [3.05, 3.63) is 23.8 Å². The Kier molecular flexibility index (Phi) is 3.43. The van der Waals surface area contributed by atoms with E-state index in [1.54, 1.807) is 7.11 Å². The van der Waals surface area contributed by atoms with Gasteiger partial charge in [-0.05, 0) is 37.9 Å². The Morgan fingerprint density at radius 1 is 1.32 bits per heavy atom. The van der Waals surface area contributed by atoms with Crippen molar-refractivity contribution >= 4 is 17.4 Å². The maximum Gasteiger partial charge on any atom is 0.359 e. The molecule has 4 heterocycles. The molecule has 2 bridgehead atoms. The highest BCUT2D eigenvalue weighted by Crippen LogP contribution is 2.30. The molecule has 6 nitrogen and oxygen atoms in total. The van der Waals surface area contributed by atoms with E-state index in [9.17, 15) is 4.79 Å². The SMILES string of the molecule is COC1C=CC=C2C(C(=O)OC3CN4CCC3CC4)=NN=C21. The number of hydrogen-bond donors (Lipinski definition) is 0. The van der Waals surface area contributed by atoms with Gasteiger partial charge in [0.15, 0.2) is 5.71 Å². The lowest BCUT2D eigenvalue weighted by Gasteiger charge is -2.43. The summed E-state index contributed by atoms with van der Waals surface area (Å²) in [6.07, 6.45) is 7.57. The molecule has 0 aromatic rings. The van der Waals surface area contributed by atoms with E-state index in [0.717, 1.165) is 38.0 Å². The number of fused-ring (bicyclic) bond motifs is 4. The van der Waals surface area contributed by atoms with Gasteiger partial charge in [-0.1, -0.05) is 12.2 Å². The monoisotopic (exact) mass is 301 g/mol. The lowest BCUT2D eigenvalue weighted by Crippen LogP contribution is -2.52. The smallest absolute Gasteiger partial charge is 0.359 e. The largest absolute Gasteiger partial charge is 0.456 e. The highest BCUT2D eigenvalue weighted by atomic mass is 16.5. The normalized spacial score (nSPS) is 35.6. The Bertz CT molecular complexity index is 612. The minimum atomic E-state index is -0.367. The van der Waals surface area contributed by atoms with Crippen LogP contribution < -0.4 is 0 Å². The van der Waals surface area contributed by atoms with E-state index in [2.05, 4.69) is 15.1 Å². The lowest BCUT2D eigenvalue weighted by atomic mass is 9.86. The molecule has 2 atom stereocenters. The first-order chi connectivity index (χ1) is 10.8. The minimum absolute atomic E-state index is 0.0142. The summed E-state index contributed by atoms with van der Waals surface area (Å²) in [5.74, 6) is 0.122. The van der Waals surface area contributed by atoms with E-state index in [1.807, 2.05) is 18.2 Å². The fourth-order valence-electron chi connectivity index (χ4n) is 3.63. The van der Waals surface area contributed by atoms with Gasteiger partial charge >= 0.3 is 5.97 Å². The van der Waals surface area contributed by atoms with Crippen LogP contribution in [-0.4, -0.2) is 61.2 Å².